The monoisotopic (exact) mass is 497 g/mol. The number of ether oxygens (including phenoxy) is 1. The second-order valence-corrected chi connectivity index (χ2v) is 8.22. The van der Waals surface area contributed by atoms with Gasteiger partial charge in [0, 0.05) is 29.9 Å². The highest BCUT2D eigenvalue weighted by Gasteiger charge is 2.36. The molecule has 0 unspecified atom stereocenters. The quantitative estimate of drug-likeness (QED) is 0.161. The Balaban J connectivity index is 1.46. The van der Waals surface area contributed by atoms with Crippen LogP contribution in [0.2, 0.25) is 0 Å². The van der Waals surface area contributed by atoms with Gasteiger partial charge in [-0.25, -0.2) is 0 Å². The lowest BCUT2D eigenvalue weighted by atomic mass is 10.1. The second kappa shape index (κ2) is 12.3. The molecule has 0 saturated heterocycles. The summed E-state index contributed by atoms with van der Waals surface area (Å²) in [7, 11) is 0. The molecular weight excluding hydrogens is 470 g/mol. The number of aliphatic hydroxyl groups excluding tert-OH is 1. The molecule has 11 nitrogen and oxygen atoms in total. The van der Waals surface area contributed by atoms with Crippen LogP contribution >= 0.6 is 0 Å². The van der Waals surface area contributed by atoms with Crippen molar-refractivity contribution in [3.8, 4) is 5.75 Å². The lowest BCUT2D eigenvalue weighted by molar-refractivity contribution is -0.384. The molecule has 2 amide bonds. The number of carboxylic acid groups (broad SMARTS) is 1. The number of hydrogen-bond acceptors (Lipinski definition) is 7. The Morgan fingerprint density at radius 3 is 2.28 bits per heavy atom. The number of carboxylic acids is 1. The molecule has 1 heterocycles. The van der Waals surface area contributed by atoms with Crippen molar-refractivity contribution >= 4 is 34.8 Å². The SMILES string of the molecule is O=C(O)CCCCCCCOc1ccc(NC(=O)C2=C(O)CN(c3ccc([N+](=O)[O-])cc3)C2=O)cc1. The first-order chi connectivity index (χ1) is 17.3. The van der Waals surface area contributed by atoms with Crippen LogP contribution in [-0.2, 0) is 14.4 Å². The van der Waals surface area contributed by atoms with Crippen LogP contribution in [0.5, 0.6) is 5.75 Å². The Kier molecular flexibility index (Phi) is 8.98. The molecular formula is C25H27N3O8. The zero-order valence-electron chi connectivity index (χ0n) is 19.5. The number of nitro benzene ring substituents is 1. The summed E-state index contributed by atoms with van der Waals surface area (Å²) in [5.74, 6) is -2.02. The summed E-state index contributed by atoms with van der Waals surface area (Å²) in [6, 6.07) is 11.8. The highest BCUT2D eigenvalue weighted by atomic mass is 16.6. The molecule has 0 spiro atoms. The Morgan fingerprint density at radius 2 is 1.64 bits per heavy atom. The summed E-state index contributed by atoms with van der Waals surface area (Å²) in [4.78, 5) is 47.3. The summed E-state index contributed by atoms with van der Waals surface area (Å²) >= 11 is 0. The molecule has 0 bridgehead atoms. The molecule has 1 aliphatic heterocycles. The van der Waals surface area contributed by atoms with Crippen molar-refractivity contribution in [3.05, 3.63) is 70.0 Å². The number of benzene rings is 2. The first-order valence-electron chi connectivity index (χ1n) is 11.5. The maximum atomic E-state index is 12.7. The molecule has 0 fully saturated rings. The average molecular weight is 498 g/mol. The van der Waals surface area contributed by atoms with Crippen LogP contribution in [-0.4, -0.2) is 46.1 Å². The van der Waals surface area contributed by atoms with E-state index < -0.39 is 34.0 Å². The number of nitrogens with one attached hydrogen (secondary N) is 1. The number of carbonyl (C=O) groups excluding carboxylic acids is 2. The lowest BCUT2D eigenvalue weighted by Crippen LogP contribution is -2.30. The fourth-order valence-electron chi connectivity index (χ4n) is 3.68. The van der Waals surface area contributed by atoms with Gasteiger partial charge in [-0.1, -0.05) is 19.3 Å². The maximum absolute atomic E-state index is 12.7. The molecule has 0 aliphatic carbocycles. The Morgan fingerprint density at radius 1 is 1.00 bits per heavy atom. The predicted molar refractivity (Wildman–Crippen MR) is 131 cm³/mol. The summed E-state index contributed by atoms with van der Waals surface area (Å²) < 4.78 is 5.67. The topological polar surface area (TPSA) is 159 Å². The second-order valence-electron chi connectivity index (χ2n) is 8.22. The van der Waals surface area contributed by atoms with Crippen LogP contribution in [0.25, 0.3) is 0 Å². The van der Waals surface area contributed by atoms with Crippen LogP contribution in [0.15, 0.2) is 59.9 Å². The van der Waals surface area contributed by atoms with E-state index in [0.29, 0.717) is 30.2 Å². The van der Waals surface area contributed by atoms with Crippen molar-refractivity contribution in [3.63, 3.8) is 0 Å². The summed E-state index contributed by atoms with van der Waals surface area (Å²) in [5, 5.41) is 32.2. The molecule has 3 rings (SSSR count). The van der Waals surface area contributed by atoms with Crippen molar-refractivity contribution in [1.29, 1.82) is 0 Å². The largest absolute Gasteiger partial charge is 0.509 e. The van der Waals surface area contributed by atoms with Crippen LogP contribution in [0.1, 0.15) is 38.5 Å². The van der Waals surface area contributed by atoms with E-state index in [1.54, 1.807) is 24.3 Å². The van der Waals surface area contributed by atoms with Crippen LogP contribution in [0.3, 0.4) is 0 Å². The summed E-state index contributed by atoms with van der Waals surface area (Å²) in [6.45, 7) is 0.296. The number of aliphatic carboxylic acids is 1. The van der Waals surface area contributed by atoms with Gasteiger partial charge in [-0.15, -0.1) is 0 Å². The van der Waals surface area contributed by atoms with E-state index in [9.17, 15) is 29.6 Å². The van der Waals surface area contributed by atoms with Crippen molar-refractivity contribution < 1.29 is 34.3 Å². The fourth-order valence-corrected chi connectivity index (χ4v) is 3.68. The zero-order chi connectivity index (χ0) is 26.1. The van der Waals surface area contributed by atoms with E-state index in [1.165, 1.54) is 24.3 Å². The number of non-ortho nitro benzene ring substituents is 1. The van der Waals surface area contributed by atoms with Crippen molar-refractivity contribution in [1.82, 2.24) is 0 Å². The molecule has 3 N–H and O–H groups in total. The van der Waals surface area contributed by atoms with Crippen molar-refractivity contribution in [2.24, 2.45) is 0 Å². The predicted octanol–water partition coefficient (Wildman–Crippen LogP) is 4.20. The third kappa shape index (κ3) is 7.05. The Hall–Kier alpha value is -4.41. The number of amides is 2. The number of hydrogen-bond donors (Lipinski definition) is 3. The Bertz CT molecular complexity index is 1140. The van der Waals surface area contributed by atoms with E-state index in [1.807, 2.05) is 0 Å². The molecule has 0 atom stereocenters. The number of carbonyl (C=O) groups is 3. The number of rotatable bonds is 13. The standard InChI is InChI=1S/C25H27N3O8/c29-21-16-27(18-9-11-19(12-10-18)28(34)35)25(33)23(21)24(32)26-17-7-13-20(14-8-17)36-15-5-3-1-2-4-6-22(30)31/h7-14,29H,1-6,15-16H2,(H,26,32)(H,30,31). The number of nitro groups is 1. The minimum atomic E-state index is -0.773. The summed E-state index contributed by atoms with van der Waals surface area (Å²) in [6.07, 6.45) is 4.48. The molecule has 2 aromatic rings. The normalized spacial score (nSPS) is 13.1. The van der Waals surface area contributed by atoms with Crippen molar-refractivity contribution in [2.75, 3.05) is 23.4 Å². The number of anilines is 2. The van der Waals surface area contributed by atoms with E-state index in [0.717, 1.165) is 30.6 Å². The zero-order valence-corrected chi connectivity index (χ0v) is 19.5. The first kappa shape index (κ1) is 26.2. The molecule has 36 heavy (non-hydrogen) atoms. The molecule has 0 aromatic heterocycles. The van der Waals surface area contributed by atoms with Gasteiger partial charge in [-0.2, -0.15) is 0 Å². The first-order valence-corrected chi connectivity index (χ1v) is 11.5. The van der Waals surface area contributed by atoms with Gasteiger partial charge in [0.05, 0.1) is 18.1 Å². The fraction of sp³-hybridized carbons (Fsp3) is 0.320. The van der Waals surface area contributed by atoms with Crippen LogP contribution < -0.4 is 15.0 Å². The number of aliphatic hydroxyl groups is 1. The minimum Gasteiger partial charge on any atom is -0.509 e. The van der Waals surface area contributed by atoms with Gasteiger partial charge in [0.2, 0.25) is 0 Å². The number of unbranched alkanes of at least 4 members (excludes halogenated alkanes) is 4. The highest BCUT2D eigenvalue weighted by molar-refractivity contribution is 6.29. The van der Waals surface area contributed by atoms with Crippen LogP contribution in [0, 0.1) is 10.1 Å². The molecule has 11 heteroatoms. The summed E-state index contributed by atoms with van der Waals surface area (Å²) in [5.41, 5.74) is 0.201. The minimum absolute atomic E-state index is 0.138. The van der Waals surface area contributed by atoms with Gasteiger partial charge >= 0.3 is 5.97 Å². The third-order valence-corrected chi connectivity index (χ3v) is 5.57. The van der Waals surface area contributed by atoms with E-state index in [-0.39, 0.29) is 18.7 Å². The third-order valence-electron chi connectivity index (χ3n) is 5.57. The van der Waals surface area contributed by atoms with Gasteiger partial charge in [0.15, 0.2) is 0 Å². The molecule has 0 saturated carbocycles. The van der Waals surface area contributed by atoms with Crippen LogP contribution in [0.4, 0.5) is 17.1 Å². The van der Waals surface area contributed by atoms with Gasteiger partial charge < -0.3 is 25.2 Å². The van der Waals surface area contributed by atoms with Gasteiger partial charge in [0.25, 0.3) is 17.5 Å². The average Bonchev–Trinajstić information content (AvgIpc) is 3.15. The van der Waals surface area contributed by atoms with Crippen molar-refractivity contribution in [2.45, 2.75) is 38.5 Å². The highest BCUT2D eigenvalue weighted by Crippen LogP contribution is 2.27. The Labute approximate surface area is 207 Å². The molecule has 1 aliphatic rings. The molecule has 0 radical (unpaired) electrons. The smallest absolute Gasteiger partial charge is 0.303 e. The van der Waals surface area contributed by atoms with Gasteiger partial charge in [-0.3, -0.25) is 24.5 Å². The number of nitrogens with zero attached hydrogens (tertiary/aromatic N) is 2. The molecule has 190 valence electrons. The van der Waals surface area contributed by atoms with E-state index in [2.05, 4.69) is 5.32 Å². The van der Waals surface area contributed by atoms with E-state index in [4.69, 9.17) is 9.84 Å². The lowest BCUT2D eigenvalue weighted by Gasteiger charge is -2.16. The van der Waals surface area contributed by atoms with Gasteiger partial charge in [0.1, 0.15) is 17.1 Å². The van der Waals surface area contributed by atoms with Gasteiger partial charge in [-0.05, 0) is 49.2 Å². The maximum Gasteiger partial charge on any atom is 0.303 e. The molecule has 2 aromatic carbocycles. The van der Waals surface area contributed by atoms with E-state index >= 15 is 0 Å².